The van der Waals surface area contributed by atoms with Gasteiger partial charge in [0, 0.05) is 19.3 Å². The van der Waals surface area contributed by atoms with Gasteiger partial charge >= 0.3 is 17.9 Å². The highest BCUT2D eigenvalue weighted by Gasteiger charge is 2.19. The standard InChI is InChI=1S/C72H114O6/c1-4-7-10-13-16-18-20-22-24-26-28-30-31-32-33-34-35-36-37-38-39-40-41-43-44-46-48-50-52-54-56-59-62-65-71(74)77-68-69(67-76-70(73)64-61-58-15-12-9-6-3)78-72(75)66-63-60-57-55-53-51-49-47-45-42-29-27-25-23-21-19-17-14-11-8-5-2/h7-8,10-11,16-19,22-25,28-30,32-33,35-36,38-39,42,47,49,53,55,69H,4-6,9,12-15,20-21,26-27,31,34,37,40-41,43-46,48,50-52,54,56-68H2,1-3H3/b10-7-,11-8-,18-16-,19-17-,24-22-,25-23-,30-28-,33-32-,36-35-,39-38-,42-29-,49-47-,55-53-. The Morgan fingerprint density at radius 3 is 0.808 bits per heavy atom. The number of carbonyl (C=O) groups is 3. The minimum absolute atomic E-state index is 0.101. The molecule has 1 unspecified atom stereocenters. The van der Waals surface area contributed by atoms with Crippen molar-refractivity contribution in [1.82, 2.24) is 0 Å². The molecule has 6 heteroatoms. The molecule has 0 fully saturated rings. The summed E-state index contributed by atoms with van der Waals surface area (Å²) >= 11 is 0. The third kappa shape index (κ3) is 61.9. The lowest BCUT2D eigenvalue weighted by Crippen LogP contribution is -2.30. The lowest BCUT2D eigenvalue weighted by molar-refractivity contribution is -0.167. The van der Waals surface area contributed by atoms with Gasteiger partial charge in [0.25, 0.3) is 0 Å². The predicted molar refractivity (Wildman–Crippen MR) is 338 cm³/mol. The van der Waals surface area contributed by atoms with Crippen molar-refractivity contribution in [2.75, 3.05) is 13.2 Å². The number of unbranched alkanes of at least 4 members (excludes halogenated alkanes) is 18. The van der Waals surface area contributed by atoms with E-state index < -0.39 is 6.10 Å². The zero-order valence-corrected chi connectivity index (χ0v) is 50.1. The summed E-state index contributed by atoms with van der Waals surface area (Å²) in [6.07, 6.45) is 94.3. The molecule has 0 aliphatic rings. The van der Waals surface area contributed by atoms with Gasteiger partial charge in [-0.05, 0) is 128 Å². The number of rotatable bonds is 55. The fraction of sp³-hybridized carbons (Fsp3) is 0.597. The maximum atomic E-state index is 12.8. The Morgan fingerprint density at radius 1 is 0.269 bits per heavy atom. The molecule has 0 radical (unpaired) electrons. The molecule has 0 aliphatic carbocycles. The van der Waals surface area contributed by atoms with Crippen molar-refractivity contribution in [3.8, 4) is 0 Å². The molecule has 0 aliphatic heterocycles. The van der Waals surface area contributed by atoms with Crippen molar-refractivity contribution >= 4 is 17.9 Å². The van der Waals surface area contributed by atoms with Crippen LogP contribution in [0.5, 0.6) is 0 Å². The fourth-order valence-electron chi connectivity index (χ4n) is 8.13. The quantitative estimate of drug-likeness (QED) is 0.0261. The van der Waals surface area contributed by atoms with Gasteiger partial charge in [0.2, 0.25) is 0 Å². The summed E-state index contributed by atoms with van der Waals surface area (Å²) in [5, 5.41) is 0. The van der Waals surface area contributed by atoms with Crippen LogP contribution in [0.4, 0.5) is 0 Å². The van der Waals surface area contributed by atoms with E-state index >= 15 is 0 Å². The van der Waals surface area contributed by atoms with Gasteiger partial charge < -0.3 is 14.2 Å². The zero-order valence-electron chi connectivity index (χ0n) is 50.1. The van der Waals surface area contributed by atoms with Gasteiger partial charge in [-0.1, -0.05) is 269 Å². The topological polar surface area (TPSA) is 78.9 Å². The molecule has 0 spiro atoms. The van der Waals surface area contributed by atoms with E-state index in [9.17, 15) is 14.4 Å². The van der Waals surface area contributed by atoms with Crippen LogP contribution in [0.25, 0.3) is 0 Å². The monoisotopic (exact) mass is 1070 g/mol. The molecule has 0 N–H and O–H groups in total. The lowest BCUT2D eigenvalue weighted by atomic mass is 10.0. The van der Waals surface area contributed by atoms with Gasteiger partial charge in [-0.2, -0.15) is 0 Å². The first-order chi connectivity index (χ1) is 38.5. The van der Waals surface area contributed by atoms with Crippen molar-refractivity contribution in [1.29, 1.82) is 0 Å². The van der Waals surface area contributed by atoms with Crippen LogP contribution in [0.15, 0.2) is 158 Å². The van der Waals surface area contributed by atoms with Crippen LogP contribution in [0, 0.1) is 0 Å². The summed E-state index contributed by atoms with van der Waals surface area (Å²) in [6, 6.07) is 0. The Kier molecular flexibility index (Phi) is 60.4. The van der Waals surface area contributed by atoms with E-state index in [4.69, 9.17) is 14.2 Å². The molecule has 78 heavy (non-hydrogen) atoms. The van der Waals surface area contributed by atoms with E-state index in [0.29, 0.717) is 19.3 Å². The first-order valence-corrected chi connectivity index (χ1v) is 31.5. The molecule has 0 rings (SSSR count). The highest BCUT2D eigenvalue weighted by molar-refractivity contribution is 5.71. The number of hydrogen-bond acceptors (Lipinski definition) is 6. The largest absolute Gasteiger partial charge is 0.462 e. The molecule has 0 bridgehead atoms. The van der Waals surface area contributed by atoms with Gasteiger partial charge in [-0.3, -0.25) is 14.4 Å². The van der Waals surface area contributed by atoms with E-state index in [1.54, 1.807) is 0 Å². The second-order valence-electron chi connectivity index (χ2n) is 20.2. The van der Waals surface area contributed by atoms with Crippen LogP contribution in [0.1, 0.15) is 258 Å². The number of esters is 3. The molecule has 6 nitrogen and oxygen atoms in total. The molecular weight excluding hydrogens is 961 g/mol. The van der Waals surface area contributed by atoms with Gasteiger partial charge in [0.15, 0.2) is 6.10 Å². The minimum Gasteiger partial charge on any atom is -0.462 e. The Bertz CT molecular complexity index is 1760. The first-order valence-electron chi connectivity index (χ1n) is 31.5. The summed E-state index contributed by atoms with van der Waals surface area (Å²) in [5.74, 6) is -0.963. The summed E-state index contributed by atoms with van der Waals surface area (Å²) in [4.78, 5) is 38.0. The van der Waals surface area contributed by atoms with Crippen LogP contribution in [-0.4, -0.2) is 37.2 Å². The maximum absolute atomic E-state index is 12.8. The third-order valence-corrected chi connectivity index (χ3v) is 12.8. The number of allylic oxidation sites excluding steroid dienone is 26. The summed E-state index contributed by atoms with van der Waals surface area (Å²) in [6.45, 7) is 6.30. The van der Waals surface area contributed by atoms with Gasteiger partial charge in [-0.15, -0.1) is 0 Å². The highest BCUT2D eigenvalue weighted by atomic mass is 16.6. The molecule has 0 aromatic carbocycles. The van der Waals surface area contributed by atoms with Crippen molar-refractivity contribution in [2.24, 2.45) is 0 Å². The second-order valence-corrected chi connectivity index (χ2v) is 20.2. The van der Waals surface area contributed by atoms with Crippen LogP contribution in [0.3, 0.4) is 0 Å². The van der Waals surface area contributed by atoms with Crippen LogP contribution < -0.4 is 0 Å². The van der Waals surface area contributed by atoms with Gasteiger partial charge in [-0.25, -0.2) is 0 Å². The Morgan fingerprint density at radius 2 is 0.500 bits per heavy atom. The van der Waals surface area contributed by atoms with Crippen molar-refractivity contribution in [3.63, 3.8) is 0 Å². The predicted octanol–water partition coefficient (Wildman–Crippen LogP) is 21.7. The summed E-state index contributed by atoms with van der Waals surface area (Å²) in [5.41, 5.74) is 0. The van der Waals surface area contributed by atoms with E-state index in [0.717, 1.165) is 135 Å². The fourth-order valence-corrected chi connectivity index (χ4v) is 8.13. The summed E-state index contributed by atoms with van der Waals surface area (Å²) < 4.78 is 16.7. The second kappa shape index (κ2) is 64.6. The van der Waals surface area contributed by atoms with Crippen molar-refractivity contribution in [3.05, 3.63) is 158 Å². The van der Waals surface area contributed by atoms with Gasteiger partial charge in [0.05, 0.1) is 0 Å². The molecule has 0 aromatic heterocycles. The SMILES string of the molecule is CC/C=C\C/C=C\C/C=C\C/C=C\C/C=C\C/C=C\C/C=C\CCCCCCCCCCCCCC(=O)OCC(COC(=O)CCCCCCCC)OC(=O)CCCC/C=C\C/C=C\C/C=C\C/C=C\C/C=C\C/C=C\CC. The van der Waals surface area contributed by atoms with Crippen LogP contribution in [-0.2, 0) is 28.6 Å². The normalized spacial score (nSPS) is 13.2. The maximum Gasteiger partial charge on any atom is 0.306 e. The molecule has 1 atom stereocenters. The van der Waals surface area contributed by atoms with Crippen molar-refractivity contribution < 1.29 is 28.6 Å². The molecule has 0 heterocycles. The van der Waals surface area contributed by atoms with E-state index in [1.807, 2.05) is 0 Å². The third-order valence-electron chi connectivity index (χ3n) is 12.8. The molecular formula is C72H114O6. The summed E-state index contributed by atoms with van der Waals surface area (Å²) in [7, 11) is 0. The van der Waals surface area contributed by atoms with Crippen molar-refractivity contribution in [2.45, 2.75) is 264 Å². The van der Waals surface area contributed by atoms with E-state index in [-0.39, 0.29) is 37.5 Å². The number of hydrogen-bond donors (Lipinski definition) is 0. The Balaban J connectivity index is 4.17. The molecule has 0 amide bonds. The van der Waals surface area contributed by atoms with E-state index in [1.165, 1.54) is 77.0 Å². The zero-order chi connectivity index (χ0) is 56.4. The van der Waals surface area contributed by atoms with Crippen LogP contribution >= 0.6 is 0 Å². The minimum atomic E-state index is -0.806. The lowest BCUT2D eigenvalue weighted by Gasteiger charge is -2.18. The Hall–Kier alpha value is -4.97. The molecule has 0 saturated carbocycles. The average molecular weight is 1080 g/mol. The van der Waals surface area contributed by atoms with Gasteiger partial charge in [0.1, 0.15) is 13.2 Å². The first kappa shape index (κ1) is 73.0. The number of carbonyl (C=O) groups excluding carboxylic acids is 3. The number of ether oxygens (including phenoxy) is 3. The highest BCUT2D eigenvalue weighted by Crippen LogP contribution is 2.14. The van der Waals surface area contributed by atoms with E-state index in [2.05, 4.69) is 179 Å². The van der Waals surface area contributed by atoms with Crippen LogP contribution in [0.2, 0.25) is 0 Å². The average Bonchev–Trinajstić information content (AvgIpc) is 3.44. The smallest absolute Gasteiger partial charge is 0.306 e. The Labute approximate surface area is 480 Å². The molecule has 0 aromatic rings. The molecule has 0 saturated heterocycles. The molecule has 438 valence electrons.